The van der Waals surface area contributed by atoms with E-state index in [4.69, 9.17) is 0 Å². The molecule has 176 valence electrons. The van der Waals surface area contributed by atoms with Crippen molar-refractivity contribution in [2.45, 2.75) is 38.4 Å². The first-order valence-corrected chi connectivity index (χ1v) is 13.2. The number of benzene rings is 2. The average molecular weight is 470 g/mol. The van der Waals surface area contributed by atoms with Gasteiger partial charge in [0.2, 0.25) is 15.9 Å². The number of nitrogens with one attached hydrogen (secondary N) is 1. The quantitative estimate of drug-likeness (QED) is 0.702. The van der Waals surface area contributed by atoms with E-state index < -0.39 is 10.0 Å². The van der Waals surface area contributed by atoms with Crippen molar-refractivity contribution in [1.82, 2.24) is 9.21 Å². The molecule has 0 aromatic heterocycles. The zero-order valence-corrected chi connectivity index (χ0v) is 19.8. The number of amides is 2. The smallest absolute Gasteiger partial charge is 0.255 e. The zero-order chi connectivity index (χ0) is 23.4. The van der Waals surface area contributed by atoms with Crippen molar-refractivity contribution in [3.63, 3.8) is 0 Å². The van der Waals surface area contributed by atoms with E-state index in [1.54, 1.807) is 18.2 Å². The van der Waals surface area contributed by atoms with E-state index in [-0.39, 0.29) is 23.5 Å². The number of nitrogens with zero attached hydrogens (tertiary/aromatic N) is 2. The van der Waals surface area contributed by atoms with E-state index in [1.807, 2.05) is 42.2 Å². The molecular weight excluding hydrogens is 438 g/mol. The topological polar surface area (TPSA) is 86.8 Å². The molecule has 2 fully saturated rings. The Morgan fingerprint density at radius 3 is 2.27 bits per heavy atom. The molecule has 0 spiro atoms. The summed E-state index contributed by atoms with van der Waals surface area (Å²) in [5.74, 6) is -0.522. The van der Waals surface area contributed by atoms with Gasteiger partial charge in [0, 0.05) is 32.1 Å². The summed E-state index contributed by atoms with van der Waals surface area (Å²) in [7, 11) is -3.43. The van der Waals surface area contributed by atoms with E-state index in [2.05, 4.69) is 5.32 Å². The molecule has 2 saturated heterocycles. The second-order valence-electron chi connectivity index (χ2n) is 8.90. The number of para-hydroxylation sites is 1. The molecule has 8 heteroatoms. The average Bonchev–Trinajstić information content (AvgIpc) is 3.35. The fraction of sp³-hybridized carbons (Fsp3) is 0.440. The minimum absolute atomic E-state index is 0.0319. The van der Waals surface area contributed by atoms with E-state index in [9.17, 15) is 18.0 Å². The summed E-state index contributed by atoms with van der Waals surface area (Å²) in [5.41, 5.74) is 2.69. The summed E-state index contributed by atoms with van der Waals surface area (Å²) in [4.78, 5) is 27.9. The van der Waals surface area contributed by atoms with Gasteiger partial charge in [0.25, 0.3) is 5.91 Å². The van der Waals surface area contributed by atoms with Crippen molar-refractivity contribution >= 4 is 27.5 Å². The SMILES string of the molecule is Cc1cccc(C(=O)N2CCCC2)c1NC(=O)C1CCN(S(=O)(=O)Cc2ccccc2)CC1. The Balaban J connectivity index is 1.39. The van der Waals surface area contributed by atoms with Crippen LogP contribution < -0.4 is 5.32 Å². The van der Waals surface area contributed by atoms with Crippen LogP contribution in [-0.4, -0.2) is 55.6 Å². The maximum absolute atomic E-state index is 13.1. The van der Waals surface area contributed by atoms with Crippen molar-refractivity contribution in [2.75, 3.05) is 31.5 Å². The van der Waals surface area contributed by atoms with E-state index in [0.717, 1.165) is 37.1 Å². The summed E-state index contributed by atoms with van der Waals surface area (Å²) >= 11 is 0. The highest BCUT2D eigenvalue weighted by Gasteiger charge is 2.32. The lowest BCUT2D eigenvalue weighted by molar-refractivity contribution is -0.120. The third kappa shape index (κ3) is 5.45. The molecule has 0 unspecified atom stereocenters. The van der Waals surface area contributed by atoms with Gasteiger partial charge >= 0.3 is 0 Å². The van der Waals surface area contributed by atoms with Crippen molar-refractivity contribution in [2.24, 2.45) is 5.92 Å². The fourth-order valence-electron chi connectivity index (χ4n) is 4.60. The molecule has 2 amide bonds. The highest BCUT2D eigenvalue weighted by molar-refractivity contribution is 7.88. The zero-order valence-electron chi connectivity index (χ0n) is 19.0. The second kappa shape index (κ2) is 10.1. The lowest BCUT2D eigenvalue weighted by Crippen LogP contribution is -2.42. The predicted molar refractivity (Wildman–Crippen MR) is 128 cm³/mol. The molecule has 2 aromatic carbocycles. The molecule has 1 N–H and O–H groups in total. The Morgan fingerprint density at radius 1 is 0.939 bits per heavy atom. The number of likely N-dealkylation sites (tertiary alicyclic amines) is 1. The molecule has 0 bridgehead atoms. The molecule has 0 atom stereocenters. The molecule has 0 saturated carbocycles. The van der Waals surface area contributed by atoms with Crippen molar-refractivity contribution < 1.29 is 18.0 Å². The van der Waals surface area contributed by atoms with Crippen molar-refractivity contribution in [3.05, 3.63) is 65.2 Å². The number of hydrogen-bond acceptors (Lipinski definition) is 4. The summed E-state index contributed by atoms with van der Waals surface area (Å²) in [5, 5.41) is 2.99. The van der Waals surface area contributed by atoms with E-state index >= 15 is 0 Å². The number of aryl methyl sites for hydroxylation is 1. The Labute approximate surface area is 195 Å². The summed E-state index contributed by atoms with van der Waals surface area (Å²) < 4.78 is 27.1. The molecule has 0 aliphatic carbocycles. The third-order valence-corrected chi connectivity index (χ3v) is 8.40. The number of hydrogen-bond donors (Lipinski definition) is 1. The first kappa shape index (κ1) is 23.4. The van der Waals surface area contributed by atoms with Crippen LogP contribution in [0.4, 0.5) is 5.69 Å². The number of rotatable bonds is 6. The molecule has 2 heterocycles. The summed E-state index contributed by atoms with van der Waals surface area (Å²) in [6, 6.07) is 14.6. The van der Waals surface area contributed by atoms with Gasteiger partial charge in [-0.1, -0.05) is 42.5 Å². The number of sulfonamides is 1. The van der Waals surface area contributed by atoms with Gasteiger partial charge in [-0.2, -0.15) is 0 Å². The van der Waals surface area contributed by atoms with Gasteiger partial charge in [-0.05, 0) is 49.8 Å². The number of carbonyl (C=O) groups excluding carboxylic acids is 2. The molecule has 0 radical (unpaired) electrons. The first-order valence-electron chi connectivity index (χ1n) is 11.6. The summed E-state index contributed by atoms with van der Waals surface area (Å²) in [6.07, 6.45) is 2.93. The van der Waals surface area contributed by atoms with Gasteiger partial charge in [0.1, 0.15) is 0 Å². The maximum Gasteiger partial charge on any atom is 0.255 e. The van der Waals surface area contributed by atoms with Gasteiger partial charge < -0.3 is 10.2 Å². The monoisotopic (exact) mass is 469 g/mol. The van der Waals surface area contributed by atoms with Crippen LogP contribution >= 0.6 is 0 Å². The predicted octanol–water partition coefficient (Wildman–Crippen LogP) is 3.41. The van der Waals surface area contributed by atoms with Gasteiger partial charge in [-0.15, -0.1) is 0 Å². The molecule has 2 aliphatic rings. The standard InChI is InChI=1S/C25H31N3O4S/c1-19-8-7-11-22(25(30)27-14-5-6-15-27)23(19)26-24(29)21-12-16-28(17-13-21)33(31,32)18-20-9-3-2-4-10-20/h2-4,7-11,21H,5-6,12-18H2,1H3,(H,26,29). The normalized spacial score (nSPS) is 17.8. The second-order valence-corrected chi connectivity index (χ2v) is 10.9. The fourth-order valence-corrected chi connectivity index (χ4v) is 6.16. The van der Waals surface area contributed by atoms with Crippen LogP contribution in [0.1, 0.15) is 47.2 Å². The van der Waals surface area contributed by atoms with Gasteiger partial charge in [-0.25, -0.2) is 12.7 Å². The van der Waals surface area contributed by atoms with Gasteiger partial charge in [0.05, 0.1) is 17.0 Å². The molecular formula is C25H31N3O4S. The molecule has 7 nitrogen and oxygen atoms in total. The Kier molecular flexibility index (Phi) is 7.14. The van der Waals surface area contributed by atoms with Gasteiger partial charge in [-0.3, -0.25) is 9.59 Å². The van der Waals surface area contributed by atoms with E-state index in [1.165, 1.54) is 4.31 Å². The number of carbonyl (C=O) groups is 2. The Bertz CT molecular complexity index is 1100. The van der Waals surface area contributed by atoms with Gasteiger partial charge in [0.15, 0.2) is 0 Å². The van der Waals surface area contributed by atoms with Crippen molar-refractivity contribution in [1.29, 1.82) is 0 Å². The van der Waals surface area contributed by atoms with Crippen LogP contribution in [0.3, 0.4) is 0 Å². The van der Waals surface area contributed by atoms with E-state index in [0.29, 0.717) is 37.2 Å². The lowest BCUT2D eigenvalue weighted by Gasteiger charge is -2.31. The Morgan fingerprint density at radius 2 is 1.61 bits per heavy atom. The lowest BCUT2D eigenvalue weighted by atomic mass is 9.96. The largest absolute Gasteiger partial charge is 0.339 e. The van der Waals surface area contributed by atoms with Crippen LogP contribution in [0.15, 0.2) is 48.5 Å². The Hall–Kier alpha value is -2.71. The van der Waals surface area contributed by atoms with Crippen LogP contribution in [-0.2, 0) is 20.6 Å². The minimum Gasteiger partial charge on any atom is -0.339 e. The van der Waals surface area contributed by atoms with Crippen LogP contribution in [0.5, 0.6) is 0 Å². The summed E-state index contributed by atoms with van der Waals surface area (Å²) in [6.45, 7) is 4.02. The maximum atomic E-state index is 13.1. The van der Waals surface area contributed by atoms with Crippen LogP contribution in [0, 0.1) is 12.8 Å². The van der Waals surface area contributed by atoms with Crippen LogP contribution in [0.2, 0.25) is 0 Å². The highest BCUT2D eigenvalue weighted by Crippen LogP contribution is 2.27. The van der Waals surface area contributed by atoms with Crippen LogP contribution in [0.25, 0.3) is 0 Å². The third-order valence-electron chi connectivity index (χ3n) is 6.55. The van der Waals surface area contributed by atoms with Crippen molar-refractivity contribution in [3.8, 4) is 0 Å². The molecule has 4 rings (SSSR count). The first-order chi connectivity index (χ1) is 15.8. The minimum atomic E-state index is -3.43. The molecule has 2 aliphatic heterocycles. The number of piperidine rings is 1. The number of anilines is 1. The molecule has 33 heavy (non-hydrogen) atoms. The highest BCUT2D eigenvalue weighted by atomic mass is 32.2. The molecule has 2 aromatic rings.